The fourth-order valence-corrected chi connectivity index (χ4v) is 2.05. The van der Waals surface area contributed by atoms with Crippen LogP contribution in [-0.4, -0.2) is 26.7 Å². The molecule has 0 saturated carbocycles. The molecule has 2 aromatic rings. The van der Waals surface area contributed by atoms with E-state index in [0.29, 0.717) is 29.8 Å². The Morgan fingerprint density at radius 3 is 2.58 bits per heavy atom. The maximum Gasteiger partial charge on any atom is 0.234 e. The highest BCUT2D eigenvalue weighted by Gasteiger charge is 2.33. The Labute approximate surface area is 112 Å². The molecule has 0 atom stereocenters. The third kappa shape index (κ3) is 2.49. The highest BCUT2D eigenvalue weighted by atomic mass is 16.5. The molecule has 6 nitrogen and oxygen atoms in total. The van der Waals surface area contributed by atoms with Gasteiger partial charge in [0.25, 0.3) is 0 Å². The second kappa shape index (κ2) is 5.44. The number of nitrogens with zero attached hydrogens (tertiary/aromatic N) is 4. The van der Waals surface area contributed by atoms with Gasteiger partial charge in [-0.25, -0.2) is 9.97 Å². The van der Waals surface area contributed by atoms with Gasteiger partial charge in [0.15, 0.2) is 0 Å². The van der Waals surface area contributed by atoms with E-state index in [1.54, 1.807) is 12.3 Å². The molecule has 0 fully saturated rings. The van der Waals surface area contributed by atoms with Gasteiger partial charge in [-0.2, -0.15) is 4.98 Å². The summed E-state index contributed by atoms with van der Waals surface area (Å²) in [6.45, 7) is 6.47. The number of nitrogens with two attached hydrogens (primary N) is 1. The Bertz CT molecular complexity index is 539. The van der Waals surface area contributed by atoms with Gasteiger partial charge < -0.3 is 10.3 Å². The minimum Gasteiger partial charge on any atom is -0.338 e. The van der Waals surface area contributed by atoms with Gasteiger partial charge in [-0.1, -0.05) is 19.0 Å². The zero-order valence-corrected chi connectivity index (χ0v) is 11.6. The third-order valence-electron chi connectivity index (χ3n) is 3.63. The largest absolute Gasteiger partial charge is 0.338 e. The molecule has 19 heavy (non-hydrogen) atoms. The van der Waals surface area contributed by atoms with E-state index < -0.39 is 0 Å². The lowest BCUT2D eigenvalue weighted by Gasteiger charge is -2.24. The molecule has 0 aliphatic rings. The minimum atomic E-state index is -0.243. The molecular formula is C13H19N5O. The number of rotatable bonds is 5. The predicted molar refractivity (Wildman–Crippen MR) is 71.4 cm³/mol. The monoisotopic (exact) mass is 261 g/mol. The zero-order chi connectivity index (χ0) is 13.9. The zero-order valence-electron chi connectivity index (χ0n) is 11.6. The van der Waals surface area contributed by atoms with E-state index in [1.165, 1.54) is 0 Å². The van der Waals surface area contributed by atoms with Gasteiger partial charge in [0.1, 0.15) is 11.5 Å². The Hall–Kier alpha value is -1.82. The van der Waals surface area contributed by atoms with Crippen molar-refractivity contribution in [3.63, 3.8) is 0 Å². The number of aryl methyl sites for hydroxylation is 1. The van der Waals surface area contributed by atoms with E-state index in [0.717, 1.165) is 12.8 Å². The van der Waals surface area contributed by atoms with E-state index >= 15 is 0 Å². The van der Waals surface area contributed by atoms with Crippen molar-refractivity contribution in [3.05, 3.63) is 24.0 Å². The van der Waals surface area contributed by atoms with Crippen LogP contribution in [-0.2, 0) is 5.41 Å². The van der Waals surface area contributed by atoms with E-state index in [2.05, 4.69) is 34.0 Å². The average molecular weight is 261 g/mol. The second-order valence-corrected chi connectivity index (χ2v) is 4.60. The van der Waals surface area contributed by atoms with Crippen molar-refractivity contribution in [2.75, 3.05) is 6.54 Å². The third-order valence-corrected chi connectivity index (χ3v) is 3.63. The van der Waals surface area contributed by atoms with Crippen molar-refractivity contribution >= 4 is 0 Å². The summed E-state index contributed by atoms with van der Waals surface area (Å²) in [5.41, 5.74) is 6.30. The Morgan fingerprint density at radius 2 is 2.00 bits per heavy atom. The minimum absolute atomic E-state index is 0.243. The number of hydrogen-bond donors (Lipinski definition) is 1. The van der Waals surface area contributed by atoms with Crippen molar-refractivity contribution in [3.8, 4) is 11.5 Å². The van der Waals surface area contributed by atoms with Crippen LogP contribution in [0.5, 0.6) is 0 Å². The molecule has 2 aromatic heterocycles. The van der Waals surface area contributed by atoms with Gasteiger partial charge in [0.2, 0.25) is 11.7 Å². The van der Waals surface area contributed by atoms with Gasteiger partial charge >= 0.3 is 0 Å². The molecule has 2 N–H and O–H groups in total. The van der Waals surface area contributed by atoms with Crippen molar-refractivity contribution in [1.29, 1.82) is 0 Å². The summed E-state index contributed by atoms with van der Waals surface area (Å²) in [6.07, 6.45) is 3.42. The van der Waals surface area contributed by atoms with Gasteiger partial charge in [0, 0.05) is 12.7 Å². The quantitative estimate of drug-likeness (QED) is 0.883. The normalized spacial score (nSPS) is 11.8. The molecule has 0 amide bonds. The van der Waals surface area contributed by atoms with Crippen LogP contribution >= 0.6 is 0 Å². The summed E-state index contributed by atoms with van der Waals surface area (Å²) in [5.74, 6) is 1.76. The lowest BCUT2D eigenvalue weighted by Crippen LogP contribution is -2.34. The van der Waals surface area contributed by atoms with Crippen LogP contribution in [0.15, 0.2) is 16.8 Å². The van der Waals surface area contributed by atoms with Crippen molar-refractivity contribution < 1.29 is 4.52 Å². The first-order chi connectivity index (χ1) is 9.15. The van der Waals surface area contributed by atoms with E-state index in [1.807, 2.05) is 6.92 Å². The van der Waals surface area contributed by atoms with Crippen LogP contribution < -0.4 is 5.73 Å². The first-order valence-corrected chi connectivity index (χ1v) is 6.49. The van der Waals surface area contributed by atoms with Gasteiger partial charge in [-0.15, -0.1) is 0 Å². The van der Waals surface area contributed by atoms with Crippen molar-refractivity contribution in [1.82, 2.24) is 20.1 Å². The van der Waals surface area contributed by atoms with Crippen LogP contribution in [0.4, 0.5) is 0 Å². The summed E-state index contributed by atoms with van der Waals surface area (Å²) in [7, 11) is 0. The summed E-state index contributed by atoms with van der Waals surface area (Å²) in [6, 6.07) is 1.77. The smallest absolute Gasteiger partial charge is 0.234 e. The predicted octanol–water partition coefficient (Wildman–Crippen LogP) is 1.85. The molecule has 2 heterocycles. The summed E-state index contributed by atoms with van der Waals surface area (Å²) in [4.78, 5) is 12.8. The Morgan fingerprint density at radius 1 is 1.26 bits per heavy atom. The molecule has 2 rings (SSSR count). The van der Waals surface area contributed by atoms with Crippen LogP contribution in [0.2, 0.25) is 0 Å². The van der Waals surface area contributed by atoms with E-state index in [-0.39, 0.29) is 5.41 Å². The first kappa shape index (κ1) is 13.6. The van der Waals surface area contributed by atoms with Crippen LogP contribution in [0.3, 0.4) is 0 Å². The molecular weight excluding hydrogens is 242 g/mol. The molecule has 0 spiro atoms. The second-order valence-electron chi connectivity index (χ2n) is 4.60. The van der Waals surface area contributed by atoms with Crippen molar-refractivity contribution in [2.45, 2.75) is 39.0 Å². The highest BCUT2D eigenvalue weighted by molar-refractivity contribution is 5.47. The molecule has 0 aliphatic carbocycles. The molecule has 0 aromatic carbocycles. The fourth-order valence-electron chi connectivity index (χ4n) is 2.05. The number of hydrogen-bond acceptors (Lipinski definition) is 6. The van der Waals surface area contributed by atoms with E-state index in [9.17, 15) is 0 Å². The molecule has 0 bridgehead atoms. The highest BCUT2D eigenvalue weighted by Crippen LogP contribution is 2.30. The Balaban J connectivity index is 2.38. The molecule has 0 unspecified atom stereocenters. The summed E-state index contributed by atoms with van der Waals surface area (Å²) in [5, 5.41) is 4.01. The van der Waals surface area contributed by atoms with E-state index in [4.69, 9.17) is 10.3 Å². The molecule has 0 radical (unpaired) electrons. The van der Waals surface area contributed by atoms with Gasteiger partial charge in [-0.05, 0) is 25.8 Å². The van der Waals surface area contributed by atoms with Crippen LogP contribution in [0.25, 0.3) is 11.5 Å². The molecule has 6 heteroatoms. The van der Waals surface area contributed by atoms with Crippen LogP contribution in [0.1, 0.15) is 38.4 Å². The van der Waals surface area contributed by atoms with Crippen molar-refractivity contribution in [2.24, 2.45) is 5.73 Å². The lowest BCUT2D eigenvalue weighted by molar-refractivity contribution is 0.267. The topological polar surface area (TPSA) is 90.7 Å². The van der Waals surface area contributed by atoms with Gasteiger partial charge in [0.05, 0.1) is 5.41 Å². The fraction of sp³-hybridized carbons (Fsp3) is 0.538. The maximum absolute atomic E-state index is 5.88. The number of aromatic nitrogens is 4. The molecule has 102 valence electrons. The molecule has 0 saturated heterocycles. The molecule has 0 aliphatic heterocycles. The standard InChI is InChI=1S/C13H19N5O/c1-4-13(5-2,8-14)12-17-11(18-19-12)10-6-7-15-9(3)16-10/h6-7H,4-5,8,14H2,1-3H3. The SMILES string of the molecule is CCC(CC)(CN)c1nc(-c2ccnc(C)n2)no1. The summed E-state index contributed by atoms with van der Waals surface area (Å²) >= 11 is 0. The lowest BCUT2D eigenvalue weighted by atomic mass is 9.82. The first-order valence-electron chi connectivity index (χ1n) is 6.49. The summed E-state index contributed by atoms with van der Waals surface area (Å²) < 4.78 is 5.40. The Kier molecular flexibility index (Phi) is 3.90. The average Bonchev–Trinajstić information content (AvgIpc) is 2.92. The van der Waals surface area contributed by atoms with Crippen LogP contribution in [0, 0.1) is 6.92 Å². The maximum atomic E-state index is 5.88. The van der Waals surface area contributed by atoms with Gasteiger partial charge in [-0.3, -0.25) is 0 Å².